The van der Waals surface area contributed by atoms with Gasteiger partial charge in [0.15, 0.2) is 10.9 Å². The maximum atomic E-state index is 11.8. The van der Waals surface area contributed by atoms with E-state index in [1.165, 1.54) is 24.3 Å². The molecule has 23 heavy (non-hydrogen) atoms. The van der Waals surface area contributed by atoms with E-state index in [0.717, 1.165) is 0 Å². The van der Waals surface area contributed by atoms with Gasteiger partial charge in [0.1, 0.15) is 11.4 Å². The standard InChI is InChI=1S/C14H14N4O4S/c1-9(19)11-8-23-14(16-11)17-13(20)6-7-15-10-4-2-3-5-12(10)18(21)22/h2-5,8,15H,6-7H2,1H3,(H,16,17,20). The summed E-state index contributed by atoms with van der Waals surface area (Å²) in [6.07, 6.45) is 0.112. The van der Waals surface area contributed by atoms with E-state index in [4.69, 9.17) is 0 Å². The molecule has 0 saturated carbocycles. The van der Waals surface area contributed by atoms with Gasteiger partial charge in [-0.3, -0.25) is 19.7 Å². The molecule has 2 aromatic rings. The molecule has 1 aromatic carbocycles. The van der Waals surface area contributed by atoms with E-state index >= 15 is 0 Å². The number of carbonyl (C=O) groups excluding carboxylic acids is 2. The smallest absolute Gasteiger partial charge is 0.292 e. The van der Waals surface area contributed by atoms with Crippen LogP contribution in [-0.4, -0.2) is 28.1 Å². The Labute approximate surface area is 135 Å². The maximum absolute atomic E-state index is 11.8. The van der Waals surface area contributed by atoms with Gasteiger partial charge in [-0.25, -0.2) is 4.98 Å². The lowest BCUT2D eigenvalue weighted by Gasteiger charge is -2.06. The average Bonchev–Trinajstić information content (AvgIpc) is 2.96. The summed E-state index contributed by atoms with van der Waals surface area (Å²) in [7, 11) is 0. The van der Waals surface area contributed by atoms with Crippen molar-refractivity contribution < 1.29 is 14.5 Å². The Bertz CT molecular complexity index is 744. The normalized spacial score (nSPS) is 10.1. The number of amides is 1. The first-order valence-electron chi connectivity index (χ1n) is 6.71. The average molecular weight is 334 g/mol. The van der Waals surface area contributed by atoms with E-state index in [1.54, 1.807) is 23.6 Å². The minimum atomic E-state index is -0.485. The van der Waals surface area contributed by atoms with Crippen molar-refractivity contribution in [3.8, 4) is 0 Å². The Balaban J connectivity index is 1.85. The van der Waals surface area contributed by atoms with Crippen molar-refractivity contribution in [3.05, 3.63) is 45.5 Å². The number of nitro groups is 1. The van der Waals surface area contributed by atoms with Crippen molar-refractivity contribution in [2.45, 2.75) is 13.3 Å². The maximum Gasteiger partial charge on any atom is 0.292 e. The van der Waals surface area contributed by atoms with Gasteiger partial charge in [-0.15, -0.1) is 11.3 Å². The zero-order chi connectivity index (χ0) is 16.8. The topological polar surface area (TPSA) is 114 Å². The number of Topliss-reactive ketones (excluding diaryl/α,β-unsaturated/α-hetero) is 1. The number of hydrogen-bond donors (Lipinski definition) is 2. The predicted molar refractivity (Wildman–Crippen MR) is 87.0 cm³/mol. The van der Waals surface area contributed by atoms with Crippen molar-refractivity contribution in [1.29, 1.82) is 0 Å². The lowest BCUT2D eigenvalue weighted by molar-refractivity contribution is -0.384. The first-order valence-corrected chi connectivity index (χ1v) is 7.59. The highest BCUT2D eigenvalue weighted by molar-refractivity contribution is 7.14. The largest absolute Gasteiger partial charge is 0.379 e. The highest BCUT2D eigenvalue weighted by Crippen LogP contribution is 2.23. The molecule has 0 fully saturated rings. The van der Waals surface area contributed by atoms with Crippen LogP contribution < -0.4 is 10.6 Å². The van der Waals surface area contributed by atoms with Gasteiger partial charge in [0.25, 0.3) is 5.69 Å². The molecule has 120 valence electrons. The van der Waals surface area contributed by atoms with Crippen LogP contribution in [0.3, 0.4) is 0 Å². The fourth-order valence-corrected chi connectivity index (χ4v) is 2.53. The zero-order valence-electron chi connectivity index (χ0n) is 12.2. The monoisotopic (exact) mass is 334 g/mol. The fraction of sp³-hybridized carbons (Fsp3) is 0.214. The minimum absolute atomic E-state index is 0.0427. The van der Waals surface area contributed by atoms with Crippen molar-refractivity contribution in [2.24, 2.45) is 0 Å². The molecule has 2 rings (SSSR count). The van der Waals surface area contributed by atoms with Gasteiger partial charge in [0.05, 0.1) is 4.92 Å². The van der Waals surface area contributed by atoms with E-state index in [1.807, 2.05) is 0 Å². The number of para-hydroxylation sites is 2. The number of ketones is 1. The number of nitro benzene ring substituents is 1. The molecule has 0 saturated heterocycles. The second kappa shape index (κ2) is 7.45. The Morgan fingerprint density at radius 2 is 2.09 bits per heavy atom. The van der Waals surface area contributed by atoms with Gasteiger partial charge in [0.2, 0.25) is 5.91 Å². The zero-order valence-corrected chi connectivity index (χ0v) is 13.1. The molecule has 0 aliphatic rings. The first kappa shape index (κ1) is 16.6. The third-order valence-corrected chi connectivity index (χ3v) is 3.64. The van der Waals surface area contributed by atoms with E-state index in [0.29, 0.717) is 16.5 Å². The minimum Gasteiger partial charge on any atom is -0.379 e. The molecule has 0 unspecified atom stereocenters. The van der Waals surface area contributed by atoms with Crippen LogP contribution in [0.4, 0.5) is 16.5 Å². The summed E-state index contributed by atoms with van der Waals surface area (Å²) >= 11 is 1.17. The molecular weight excluding hydrogens is 320 g/mol. The van der Waals surface area contributed by atoms with Gasteiger partial charge in [-0.1, -0.05) is 12.1 Å². The number of nitrogens with zero attached hydrogens (tertiary/aromatic N) is 2. The van der Waals surface area contributed by atoms with Crippen LogP contribution in [0.25, 0.3) is 0 Å². The number of thiazole rings is 1. The summed E-state index contributed by atoms with van der Waals surface area (Å²) in [4.78, 5) is 37.3. The van der Waals surface area contributed by atoms with Gasteiger partial charge < -0.3 is 10.6 Å². The van der Waals surface area contributed by atoms with Crippen LogP contribution in [0.15, 0.2) is 29.6 Å². The molecule has 0 aliphatic heterocycles. The quantitative estimate of drug-likeness (QED) is 0.457. The number of nitrogens with one attached hydrogen (secondary N) is 2. The number of aromatic nitrogens is 1. The Kier molecular flexibility index (Phi) is 5.36. The van der Waals surface area contributed by atoms with Crippen LogP contribution in [0.5, 0.6) is 0 Å². The van der Waals surface area contributed by atoms with Crippen LogP contribution >= 0.6 is 11.3 Å². The highest BCUT2D eigenvalue weighted by Gasteiger charge is 2.13. The molecule has 2 N–H and O–H groups in total. The van der Waals surface area contributed by atoms with Crippen LogP contribution in [0, 0.1) is 10.1 Å². The molecule has 1 heterocycles. The van der Waals surface area contributed by atoms with Crippen LogP contribution in [0.1, 0.15) is 23.8 Å². The lowest BCUT2D eigenvalue weighted by Crippen LogP contribution is -2.16. The molecule has 1 aromatic heterocycles. The van der Waals surface area contributed by atoms with Gasteiger partial charge in [0, 0.05) is 31.3 Å². The first-order chi connectivity index (χ1) is 11.0. The summed E-state index contributed by atoms with van der Waals surface area (Å²) in [5.74, 6) is -0.458. The molecule has 0 aliphatic carbocycles. The molecule has 0 atom stereocenters. The van der Waals surface area contributed by atoms with Crippen molar-refractivity contribution in [1.82, 2.24) is 4.98 Å². The lowest BCUT2D eigenvalue weighted by atomic mass is 10.2. The van der Waals surface area contributed by atoms with E-state index in [9.17, 15) is 19.7 Å². The van der Waals surface area contributed by atoms with Gasteiger partial charge in [-0.05, 0) is 6.07 Å². The number of carbonyl (C=O) groups is 2. The SMILES string of the molecule is CC(=O)c1csc(NC(=O)CCNc2ccccc2[N+](=O)[O-])n1. The Hall–Kier alpha value is -2.81. The molecule has 1 amide bonds. The number of rotatable bonds is 7. The second-order valence-corrected chi connectivity index (χ2v) is 5.45. The highest BCUT2D eigenvalue weighted by atomic mass is 32.1. The van der Waals surface area contributed by atoms with Crippen molar-refractivity contribution in [3.63, 3.8) is 0 Å². The molecule has 9 heteroatoms. The molecule has 0 spiro atoms. The Morgan fingerprint density at radius 1 is 1.35 bits per heavy atom. The summed E-state index contributed by atoms with van der Waals surface area (Å²) < 4.78 is 0. The third-order valence-electron chi connectivity index (χ3n) is 2.88. The van der Waals surface area contributed by atoms with Gasteiger partial charge in [-0.2, -0.15) is 0 Å². The fourth-order valence-electron chi connectivity index (χ4n) is 1.77. The van der Waals surface area contributed by atoms with Crippen molar-refractivity contribution in [2.75, 3.05) is 17.2 Å². The predicted octanol–water partition coefficient (Wildman–Crippen LogP) is 2.69. The molecule has 8 nitrogen and oxygen atoms in total. The number of hydrogen-bond acceptors (Lipinski definition) is 7. The number of anilines is 2. The summed E-state index contributed by atoms with van der Waals surface area (Å²) in [5, 5.41) is 18.2. The van der Waals surface area contributed by atoms with E-state index < -0.39 is 4.92 Å². The van der Waals surface area contributed by atoms with E-state index in [2.05, 4.69) is 15.6 Å². The molecule has 0 radical (unpaired) electrons. The third kappa shape index (κ3) is 4.58. The molecular formula is C14H14N4O4S. The van der Waals surface area contributed by atoms with Gasteiger partial charge >= 0.3 is 0 Å². The van der Waals surface area contributed by atoms with E-state index in [-0.39, 0.29) is 30.3 Å². The summed E-state index contributed by atoms with van der Waals surface area (Å²) in [6.45, 7) is 1.64. The van der Waals surface area contributed by atoms with Crippen LogP contribution in [-0.2, 0) is 4.79 Å². The molecule has 0 bridgehead atoms. The van der Waals surface area contributed by atoms with Crippen molar-refractivity contribution >= 4 is 39.5 Å². The summed E-state index contributed by atoms with van der Waals surface area (Å²) in [6, 6.07) is 6.22. The number of benzene rings is 1. The van der Waals surface area contributed by atoms with Crippen LogP contribution in [0.2, 0.25) is 0 Å². The Morgan fingerprint density at radius 3 is 2.74 bits per heavy atom. The summed E-state index contributed by atoms with van der Waals surface area (Å²) in [5.41, 5.74) is 0.626. The second-order valence-electron chi connectivity index (χ2n) is 4.59.